The molecule has 1 unspecified atom stereocenters. The first-order valence-corrected chi connectivity index (χ1v) is 7.50. The highest BCUT2D eigenvalue weighted by Gasteiger charge is 2.20. The SMILES string of the molecule is CCCCCCCCC(C)(O)Cc1ccc(F)cc1. The van der Waals surface area contributed by atoms with Gasteiger partial charge >= 0.3 is 0 Å². The summed E-state index contributed by atoms with van der Waals surface area (Å²) in [6.07, 6.45) is 8.82. The van der Waals surface area contributed by atoms with Crippen molar-refractivity contribution in [3.05, 3.63) is 35.6 Å². The molecule has 1 aromatic carbocycles. The van der Waals surface area contributed by atoms with Crippen molar-refractivity contribution in [2.75, 3.05) is 0 Å². The summed E-state index contributed by atoms with van der Waals surface area (Å²) in [6.45, 7) is 4.09. The molecule has 0 radical (unpaired) electrons. The molecule has 1 nitrogen and oxygen atoms in total. The first-order valence-electron chi connectivity index (χ1n) is 7.50. The molecule has 0 saturated heterocycles. The van der Waals surface area contributed by atoms with E-state index in [0.717, 1.165) is 18.4 Å². The van der Waals surface area contributed by atoms with E-state index < -0.39 is 5.60 Å². The van der Waals surface area contributed by atoms with Crippen molar-refractivity contribution in [1.29, 1.82) is 0 Å². The van der Waals surface area contributed by atoms with E-state index in [1.165, 1.54) is 44.2 Å². The molecule has 0 fully saturated rings. The minimum Gasteiger partial charge on any atom is -0.390 e. The van der Waals surface area contributed by atoms with Gasteiger partial charge in [-0.2, -0.15) is 0 Å². The van der Waals surface area contributed by atoms with Crippen LogP contribution in [0.25, 0.3) is 0 Å². The molecule has 0 spiro atoms. The van der Waals surface area contributed by atoms with Crippen LogP contribution in [0.4, 0.5) is 4.39 Å². The highest BCUT2D eigenvalue weighted by Crippen LogP contribution is 2.21. The Balaban J connectivity index is 2.25. The van der Waals surface area contributed by atoms with Gasteiger partial charge in [0.1, 0.15) is 5.82 Å². The van der Waals surface area contributed by atoms with Gasteiger partial charge < -0.3 is 5.11 Å². The minimum atomic E-state index is -0.678. The fourth-order valence-electron chi connectivity index (χ4n) is 2.42. The highest BCUT2D eigenvalue weighted by molar-refractivity contribution is 5.17. The normalized spacial score (nSPS) is 14.3. The van der Waals surface area contributed by atoms with Crippen LogP contribution in [0.3, 0.4) is 0 Å². The lowest BCUT2D eigenvalue weighted by molar-refractivity contribution is 0.0484. The van der Waals surface area contributed by atoms with Gasteiger partial charge in [0.2, 0.25) is 0 Å². The van der Waals surface area contributed by atoms with E-state index in [2.05, 4.69) is 6.92 Å². The fraction of sp³-hybridized carbons (Fsp3) is 0.647. The standard InChI is InChI=1S/C17H27FO/c1-3-4-5-6-7-8-13-17(2,19)14-15-9-11-16(18)12-10-15/h9-12,19H,3-8,13-14H2,1-2H3. The zero-order valence-corrected chi connectivity index (χ0v) is 12.3. The predicted octanol–water partition coefficient (Wildman–Crippen LogP) is 4.87. The van der Waals surface area contributed by atoms with Crippen LogP contribution in [0.5, 0.6) is 0 Å². The van der Waals surface area contributed by atoms with Gasteiger partial charge in [0.25, 0.3) is 0 Å². The van der Waals surface area contributed by atoms with Crippen molar-refractivity contribution in [3.8, 4) is 0 Å². The largest absolute Gasteiger partial charge is 0.390 e. The van der Waals surface area contributed by atoms with E-state index >= 15 is 0 Å². The lowest BCUT2D eigenvalue weighted by atomic mass is 9.91. The molecule has 0 aliphatic heterocycles. The Labute approximate surface area is 116 Å². The van der Waals surface area contributed by atoms with Crippen LogP contribution in [0.1, 0.15) is 64.4 Å². The molecule has 1 atom stereocenters. The Hall–Kier alpha value is -0.890. The molecule has 19 heavy (non-hydrogen) atoms. The summed E-state index contributed by atoms with van der Waals surface area (Å²) in [7, 11) is 0. The Kier molecular flexibility index (Phi) is 7.07. The van der Waals surface area contributed by atoms with Gasteiger partial charge in [0.15, 0.2) is 0 Å². The maximum absolute atomic E-state index is 12.8. The smallest absolute Gasteiger partial charge is 0.123 e. The second-order valence-electron chi connectivity index (χ2n) is 5.82. The molecule has 1 N–H and O–H groups in total. The minimum absolute atomic E-state index is 0.223. The third kappa shape index (κ3) is 7.31. The summed E-state index contributed by atoms with van der Waals surface area (Å²) in [5, 5.41) is 10.3. The maximum atomic E-state index is 12.8. The zero-order chi connectivity index (χ0) is 14.1. The van der Waals surface area contributed by atoms with Crippen molar-refractivity contribution in [3.63, 3.8) is 0 Å². The molecule has 0 heterocycles. The Bertz CT molecular complexity index is 343. The highest BCUT2D eigenvalue weighted by atomic mass is 19.1. The van der Waals surface area contributed by atoms with E-state index in [-0.39, 0.29) is 5.82 Å². The molecule has 1 aromatic rings. The summed E-state index contributed by atoms with van der Waals surface area (Å²) >= 11 is 0. The molecule has 108 valence electrons. The van der Waals surface area contributed by atoms with Crippen LogP contribution in [0.15, 0.2) is 24.3 Å². The molecular formula is C17H27FO. The van der Waals surface area contributed by atoms with Gasteiger partial charge in [0.05, 0.1) is 5.60 Å². The summed E-state index contributed by atoms with van der Waals surface area (Å²) in [5.74, 6) is -0.223. The van der Waals surface area contributed by atoms with Gasteiger partial charge in [-0.15, -0.1) is 0 Å². The number of halogens is 1. The van der Waals surface area contributed by atoms with Crippen molar-refractivity contribution in [2.45, 2.75) is 70.8 Å². The number of hydrogen-bond donors (Lipinski definition) is 1. The first kappa shape index (κ1) is 16.2. The van der Waals surface area contributed by atoms with Crippen LogP contribution < -0.4 is 0 Å². The van der Waals surface area contributed by atoms with Crippen molar-refractivity contribution >= 4 is 0 Å². The maximum Gasteiger partial charge on any atom is 0.123 e. The molecule has 0 bridgehead atoms. The lowest BCUT2D eigenvalue weighted by Crippen LogP contribution is -2.27. The number of rotatable bonds is 9. The van der Waals surface area contributed by atoms with Crippen LogP contribution in [-0.4, -0.2) is 10.7 Å². The third-order valence-corrected chi connectivity index (χ3v) is 3.57. The van der Waals surface area contributed by atoms with Crippen LogP contribution in [0, 0.1) is 5.82 Å². The van der Waals surface area contributed by atoms with Crippen molar-refractivity contribution in [1.82, 2.24) is 0 Å². The molecule has 2 heteroatoms. The monoisotopic (exact) mass is 266 g/mol. The van der Waals surface area contributed by atoms with E-state index in [0.29, 0.717) is 6.42 Å². The first-order chi connectivity index (χ1) is 9.03. The molecule has 0 aliphatic carbocycles. The van der Waals surface area contributed by atoms with Crippen LogP contribution >= 0.6 is 0 Å². The molecule has 0 amide bonds. The van der Waals surface area contributed by atoms with E-state index in [1.807, 2.05) is 6.92 Å². The number of hydrogen-bond acceptors (Lipinski definition) is 1. The average Bonchev–Trinajstić information content (AvgIpc) is 2.36. The van der Waals surface area contributed by atoms with Crippen LogP contribution in [0.2, 0.25) is 0 Å². The summed E-state index contributed by atoms with van der Waals surface area (Å²) in [6, 6.07) is 6.42. The Morgan fingerprint density at radius 2 is 1.58 bits per heavy atom. The average molecular weight is 266 g/mol. The van der Waals surface area contributed by atoms with E-state index in [1.54, 1.807) is 12.1 Å². The molecular weight excluding hydrogens is 239 g/mol. The summed E-state index contributed by atoms with van der Waals surface area (Å²) in [4.78, 5) is 0. The molecule has 1 rings (SSSR count). The van der Waals surface area contributed by atoms with E-state index in [4.69, 9.17) is 0 Å². The van der Waals surface area contributed by atoms with Crippen LogP contribution in [-0.2, 0) is 6.42 Å². The Morgan fingerprint density at radius 1 is 1.00 bits per heavy atom. The van der Waals surface area contributed by atoms with Gasteiger partial charge in [0, 0.05) is 6.42 Å². The zero-order valence-electron chi connectivity index (χ0n) is 12.3. The third-order valence-electron chi connectivity index (χ3n) is 3.57. The lowest BCUT2D eigenvalue weighted by Gasteiger charge is -2.23. The predicted molar refractivity (Wildman–Crippen MR) is 78.7 cm³/mol. The van der Waals surface area contributed by atoms with Gasteiger partial charge in [-0.25, -0.2) is 4.39 Å². The van der Waals surface area contributed by atoms with Crippen molar-refractivity contribution in [2.24, 2.45) is 0 Å². The number of unbranched alkanes of at least 4 members (excludes halogenated alkanes) is 5. The summed E-state index contributed by atoms with van der Waals surface area (Å²) in [5.41, 5.74) is 0.320. The van der Waals surface area contributed by atoms with Gasteiger partial charge in [-0.3, -0.25) is 0 Å². The molecule has 0 saturated carbocycles. The van der Waals surface area contributed by atoms with Gasteiger partial charge in [-0.05, 0) is 31.0 Å². The molecule has 0 aromatic heterocycles. The Morgan fingerprint density at radius 3 is 2.21 bits per heavy atom. The molecule has 0 aliphatic rings. The quantitative estimate of drug-likeness (QED) is 0.632. The number of aliphatic hydroxyl groups is 1. The second-order valence-corrected chi connectivity index (χ2v) is 5.82. The van der Waals surface area contributed by atoms with Gasteiger partial charge in [-0.1, -0.05) is 57.6 Å². The second kappa shape index (κ2) is 8.31. The summed E-state index contributed by atoms with van der Waals surface area (Å²) < 4.78 is 12.8. The topological polar surface area (TPSA) is 20.2 Å². The fourth-order valence-corrected chi connectivity index (χ4v) is 2.42. The van der Waals surface area contributed by atoms with E-state index in [9.17, 15) is 9.50 Å². The number of benzene rings is 1. The van der Waals surface area contributed by atoms with Crippen molar-refractivity contribution < 1.29 is 9.50 Å².